The van der Waals surface area contributed by atoms with E-state index in [1.807, 2.05) is 49.5 Å². The van der Waals surface area contributed by atoms with Gasteiger partial charge in [-0.15, -0.1) is 5.10 Å². The minimum Gasteiger partial charge on any atom is -0.369 e. The van der Waals surface area contributed by atoms with E-state index in [0.29, 0.717) is 31.7 Å². The fraction of sp³-hybridized carbons (Fsp3) is 0.483. The third-order valence-corrected chi connectivity index (χ3v) is 10.0. The maximum Gasteiger partial charge on any atom is 0.225 e. The highest BCUT2D eigenvalue weighted by Gasteiger charge is 2.47. The van der Waals surface area contributed by atoms with Crippen molar-refractivity contribution in [1.82, 2.24) is 25.3 Å². The molecule has 2 saturated carbocycles. The van der Waals surface area contributed by atoms with Gasteiger partial charge in [-0.1, -0.05) is 25.0 Å². The van der Waals surface area contributed by atoms with Gasteiger partial charge in [-0.25, -0.2) is 13.1 Å². The highest BCUT2D eigenvalue weighted by molar-refractivity contribution is 7.91. The SMILES string of the molecule is Cc1ccc(-n2cc(-c3ccc(N4CCS(=O)(=O)CC4)cc3)c([C@@H]3CCCC[C@H]3C(=O)NC3(C#N)CC3)n2)nn1. The van der Waals surface area contributed by atoms with Crippen LogP contribution in [-0.2, 0) is 14.6 Å². The number of amides is 1. The zero-order valence-corrected chi connectivity index (χ0v) is 23.4. The number of nitrogens with one attached hydrogen (secondary N) is 1. The lowest BCUT2D eigenvalue weighted by Crippen LogP contribution is -2.42. The van der Waals surface area contributed by atoms with Crippen molar-refractivity contribution in [3.8, 4) is 23.0 Å². The van der Waals surface area contributed by atoms with Gasteiger partial charge < -0.3 is 10.2 Å². The van der Waals surface area contributed by atoms with E-state index in [0.717, 1.165) is 53.9 Å². The quantitative estimate of drug-likeness (QED) is 0.486. The number of carbonyl (C=O) groups excluding carboxylic acids is 1. The first-order valence-electron chi connectivity index (χ1n) is 14.0. The zero-order valence-electron chi connectivity index (χ0n) is 22.6. The molecule has 2 aliphatic carbocycles. The second kappa shape index (κ2) is 10.3. The van der Waals surface area contributed by atoms with E-state index >= 15 is 0 Å². The first-order valence-corrected chi connectivity index (χ1v) is 15.8. The Kier molecular flexibility index (Phi) is 6.82. The third-order valence-electron chi connectivity index (χ3n) is 8.43. The summed E-state index contributed by atoms with van der Waals surface area (Å²) in [6.07, 6.45) is 6.92. The molecule has 3 fully saturated rings. The van der Waals surface area contributed by atoms with Crippen molar-refractivity contribution in [2.45, 2.75) is 56.9 Å². The summed E-state index contributed by atoms with van der Waals surface area (Å²) in [6.45, 7) is 2.86. The molecule has 0 radical (unpaired) electrons. The monoisotopic (exact) mass is 559 g/mol. The molecule has 6 rings (SSSR count). The second-order valence-corrected chi connectivity index (χ2v) is 13.6. The van der Waals surface area contributed by atoms with Gasteiger partial charge in [-0.2, -0.15) is 15.5 Å². The Bertz CT molecular complexity index is 1540. The highest BCUT2D eigenvalue weighted by atomic mass is 32.2. The normalized spacial score (nSPS) is 23.2. The number of aryl methyl sites for hydroxylation is 1. The van der Waals surface area contributed by atoms with Crippen LogP contribution in [-0.4, -0.2) is 64.4 Å². The van der Waals surface area contributed by atoms with E-state index in [4.69, 9.17) is 5.10 Å². The molecule has 0 unspecified atom stereocenters. The van der Waals surface area contributed by atoms with Crippen LogP contribution in [0.2, 0.25) is 0 Å². The first-order chi connectivity index (χ1) is 19.3. The van der Waals surface area contributed by atoms with Gasteiger partial charge in [0, 0.05) is 42.4 Å². The largest absolute Gasteiger partial charge is 0.369 e. The number of nitrogens with zero attached hydrogens (tertiary/aromatic N) is 6. The Balaban J connectivity index is 1.35. The van der Waals surface area contributed by atoms with Gasteiger partial charge in [0.05, 0.1) is 29.0 Å². The van der Waals surface area contributed by atoms with Crippen LogP contribution in [0.25, 0.3) is 16.9 Å². The number of nitriles is 1. The van der Waals surface area contributed by atoms with Crippen molar-refractivity contribution in [3.63, 3.8) is 0 Å². The summed E-state index contributed by atoms with van der Waals surface area (Å²) in [4.78, 5) is 15.6. The van der Waals surface area contributed by atoms with Crippen LogP contribution in [0.5, 0.6) is 0 Å². The molecule has 3 aromatic rings. The van der Waals surface area contributed by atoms with Crippen LogP contribution < -0.4 is 10.2 Å². The molecular formula is C29H33N7O3S. The summed E-state index contributed by atoms with van der Waals surface area (Å²) >= 11 is 0. The lowest BCUT2D eigenvalue weighted by molar-refractivity contribution is -0.127. The van der Waals surface area contributed by atoms with Crippen molar-refractivity contribution in [2.24, 2.45) is 5.92 Å². The van der Waals surface area contributed by atoms with Gasteiger partial charge >= 0.3 is 0 Å². The Hall–Kier alpha value is -3.78. The number of rotatable bonds is 6. The molecule has 1 saturated heterocycles. The van der Waals surface area contributed by atoms with Gasteiger partial charge in [-0.3, -0.25) is 4.79 Å². The third kappa shape index (κ3) is 5.32. The highest BCUT2D eigenvalue weighted by Crippen LogP contribution is 2.43. The predicted octanol–water partition coefficient (Wildman–Crippen LogP) is 3.32. The second-order valence-electron chi connectivity index (χ2n) is 11.3. The molecule has 40 heavy (non-hydrogen) atoms. The number of hydrogen-bond donors (Lipinski definition) is 1. The lowest BCUT2D eigenvalue weighted by atomic mass is 9.75. The Labute approximate surface area is 234 Å². The summed E-state index contributed by atoms with van der Waals surface area (Å²) < 4.78 is 25.5. The number of carbonyl (C=O) groups is 1. The topological polar surface area (TPSA) is 134 Å². The van der Waals surface area contributed by atoms with E-state index in [9.17, 15) is 18.5 Å². The maximum absolute atomic E-state index is 13.5. The van der Waals surface area contributed by atoms with Crippen LogP contribution in [0.4, 0.5) is 5.69 Å². The van der Waals surface area contributed by atoms with E-state index in [1.54, 1.807) is 4.68 Å². The Morgan fingerprint density at radius 2 is 1.77 bits per heavy atom. The fourth-order valence-corrected chi connectivity index (χ4v) is 7.03. The molecule has 1 amide bonds. The van der Waals surface area contributed by atoms with Crippen LogP contribution in [0.15, 0.2) is 42.6 Å². The fourth-order valence-electron chi connectivity index (χ4n) is 5.83. The summed E-state index contributed by atoms with van der Waals surface area (Å²) in [5, 5.41) is 26.1. The molecular weight excluding hydrogens is 526 g/mol. The van der Waals surface area contributed by atoms with Crippen LogP contribution in [0.3, 0.4) is 0 Å². The average Bonchev–Trinajstić information content (AvgIpc) is 3.60. The van der Waals surface area contributed by atoms with Gasteiger partial charge in [0.1, 0.15) is 5.54 Å². The molecule has 10 nitrogen and oxygen atoms in total. The van der Waals surface area contributed by atoms with E-state index in [1.165, 1.54) is 0 Å². The predicted molar refractivity (Wildman–Crippen MR) is 151 cm³/mol. The number of anilines is 1. The molecule has 0 bridgehead atoms. The molecule has 2 aromatic heterocycles. The van der Waals surface area contributed by atoms with E-state index in [2.05, 4.69) is 26.5 Å². The van der Waals surface area contributed by atoms with Gasteiger partial charge in [-0.05, 0) is 62.4 Å². The average molecular weight is 560 g/mol. The molecule has 208 valence electrons. The van der Waals surface area contributed by atoms with Crippen molar-refractivity contribution in [3.05, 3.63) is 54.0 Å². The van der Waals surface area contributed by atoms with Gasteiger partial charge in [0.15, 0.2) is 15.7 Å². The van der Waals surface area contributed by atoms with Crippen molar-refractivity contribution < 1.29 is 13.2 Å². The number of sulfone groups is 1. The molecule has 1 aliphatic heterocycles. The number of benzene rings is 1. The molecule has 2 atom stereocenters. The maximum atomic E-state index is 13.5. The summed E-state index contributed by atoms with van der Waals surface area (Å²) in [7, 11) is -2.96. The van der Waals surface area contributed by atoms with E-state index in [-0.39, 0.29) is 29.2 Å². The van der Waals surface area contributed by atoms with E-state index < -0.39 is 15.4 Å². The molecule has 3 aliphatic rings. The van der Waals surface area contributed by atoms with Crippen LogP contribution in [0, 0.1) is 24.2 Å². The van der Waals surface area contributed by atoms with Gasteiger partial charge in [0.25, 0.3) is 0 Å². The van der Waals surface area contributed by atoms with Crippen molar-refractivity contribution in [1.29, 1.82) is 5.26 Å². The molecule has 1 N–H and O–H groups in total. The van der Waals surface area contributed by atoms with Crippen LogP contribution >= 0.6 is 0 Å². The Morgan fingerprint density at radius 1 is 1.05 bits per heavy atom. The smallest absolute Gasteiger partial charge is 0.225 e. The molecule has 11 heteroatoms. The molecule has 1 aromatic carbocycles. The Morgan fingerprint density at radius 3 is 2.42 bits per heavy atom. The van der Waals surface area contributed by atoms with Crippen LogP contribution in [0.1, 0.15) is 55.8 Å². The van der Waals surface area contributed by atoms with Crippen molar-refractivity contribution in [2.75, 3.05) is 29.5 Å². The summed E-state index contributed by atoms with van der Waals surface area (Å²) in [6, 6.07) is 14.2. The summed E-state index contributed by atoms with van der Waals surface area (Å²) in [5.41, 5.74) is 3.84. The van der Waals surface area contributed by atoms with Crippen molar-refractivity contribution >= 4 is 21.4 Å². The minimum absolute atomic E-state index is 0.0604. The number of aromatic nitrogens is 4. The number of hydrogen-bond acceptors (Lipinski definition) is 8. The first kappa shape index (κ1) is 26.4. The lowest BCUT2D eigenvalue weighted by Gasteiger charge is -2.31. The zero-order chi connectivity index (χ0) is 27.9. The van der Waals surface area contributed by atoms with Gasteiger partial charge in [0.2, 0.25) is 5.91 Å². The minimum atomic E-state index is -2.96. The molecule has 0 spiro atoms. The molecule has 3 heterocycles. The summed E-state index contributed by atoms with van der Waals surface area (Å²) in [5.74, 6) is 0.519. The standard InChI is InChI=1S/C29H33N7O3S/c1-20-6-11-26(33-32-20)36-18-25(21-7-9-22(10-8-21)35-14-16-40(38,39)17-15-35)27(34-36)23-4-2-3-5-24(23)28(37)31-29(19-30)12-13-29/h6-11,18,23-24H,2-5,12-17H2,1H3,(H,31,37)/t23-,24-/m1/s1.